The van der Waals surface area contributed by atoms with E-state index in [1.54, 1.807) is 0 Å². The van der Waals surface area contributed by atoms with E-state index in [2.05, 4.69) is 95.1 Å². The standard InChI is InChI=1S/C22H26N3.ClHO4/c1-23-21(20-11-7-4-8-12-20)17-22(24(23)2)25-15-13-19(14-16-25)18-9-5-3-6-10-18;2-1(3,4)5/h3-12,17,19H,13-16H2,1-2H3;(H,2,3,4,5)/q+1;/p-1. The molecule has 0 spiro atoms. The van der Waals surface area contributed by atoms with Crippen molar-refractivity contribution >= 4 is 5.82 Å². The van der Waals surface area contributed by atoms with Crippen LogP contribution in [-0.4, -0.2) is 17.8 Å². The Kier molecular flexibility index (Phi) is 7.12. The van der Waals surface area contributed by atoms with Crippen LogP contribution in [0.3, 0.4) is 0 Å². The van der Waals surface area contributed by atoms with Crippen molar-refractivity contribution in [1.82, 2.24) is 4.68 Å². The third-order valence-electron chi connectivity index (χ3n) is 5.56. The topological polar surface area (TPSA) is 104 Å². The van der Waals surface area contributed by atoms with Gasteiger partial charge in [-0.1, -0.05) is 48.5 Å². The lowest BCUT2D eigenvalue weighted by molar-refractivity contribution is -2.00. The first-order valence-electron chi connectivity index (χ1n) is 9.77. The van der Waals surface area contributed by atoms with Crippen LogP contribution in [0.5, 0.6) is 0 Å². The summed E-state index contributed by atoms with van der Waals surface area (Å²) in [5.41, 5.74) is 4.03. The molecule has 0 saturated carbocycles. The van der Waals surface area contributed by atoms with Gasteiger partial charge in [-0.25, -0.2) is 18.6 Å². The first kappa shape index (κ1) is 22.3. The molecular weight excluding hydrogens is 406 g/mol. The Morgan fingerprint density at radius 2 is 1.37 bits per heavy atom. The summed E-state index contributed by atoms with van der Waals surface area (Å²) in [5, 5.41) is 0. The predicted octanol–water partition coefficient (Wildman–Crippen LogP) is -0.855. The van der Waals surface area contributed by atoms with E-state index in [0.717, 1.165) is 13.1 Å². The maximum atomic E-state index is 8.49. The second kappa shape index (κ2) is 9.59. The average Bonchev–Trinajstić information content (AvgIpc) is 3.03. The third-order valence-corrected chi connectivity index (χ3v) is 5.56. The van der Waals surface area contributed by atoms with E-state index in [0.29, 0.717) is 5.92 Å². The van der Waals surface area contributed by atoms with Gasteiger partial charge >= 0.3 is 0 Å². The fourth-order valence-electron chi connectivity index (χ4n) is 3.97. The minimum atomic E-state index is -4.94. The van der Waals surface area contributed by atoms with Crippen LogP contribution in [-0.2, 0) is 14.1 Å². The van der Waals surface area contributed by atoms with Gasteiger partial charge in [0, 0.05) is 18.7 Å². The Hall–Kier alpha value is -2.42. The molecule has 0 atom stereocenters. The van der Waals surface area contributed by atoms with E-state index in [4.69, 9.17) is 18.6 Å². The summed E-state index contributed by atoms with van der Waals surface area (Å²) in [4.78, 5) is 2.53. The Labute approximate surface area is 178 Å². The summed E-state index contributed by atoms with van der Waals surface area (Å²) >= 11 is 0. The van der Waals surface area contributed by atoms with Crippen molar-refractivity contribution in [3.63, 3.8) is 0 Å². The molecule has 0 radical (unpaired) electrons. The lowest BCUT2D eigenvalue weighted by Crippen LogP contribution is -2.68. The maximum absolute atomic E-state index is 8.49. The molecule has 7 nitrogen and oxygen atoms in total. The Bertz CT molecular complexity index is 928. The maximum Gasteiger partial charge on any atom is 0.240 e. The number of aromatic nitrogens is 2. The molecule has 4 rings (SSSR count). The van der Waals surface area contributed by atoms with Gasteiger partial charge < -0.3 is 4.90 Å². The molecule has 0 amide bonds. The molecule has 0 aliphatic carbocycles. The molecule has 0 unspecified atom stereocenters. The quantitative estimate of drug-likeness (QED) is 0.502. The molecule has 3 aromatic rings. The molecule has 2 heterocycles. The Morgan fingerprint density at radius 1 is 0.867 bits per heavy atom. The summed E-state index contributed by atoms with van der Waals surface area (Å²) < 4.78 is 38.5. The van der Waals surface area contributed by atoms with E-state index in [9.17, 15) is 0 Å². The zero-order valence-electron chi connectivity index (χ0n) is 17.1. The van der Waals surface area contributed by atoms with Crippen LogP contribution in [0.4, 0.5) is 5.82 Å². The van der Waals surface area contributed by atoms with E-state index in [-0.39, 0.29) is 0 Å². The number of rotatable bonds is 3. The highest BCUT2D eigenvalue weighted by atomic mass is 35.7. The smallest absolute Gasteiger partial charge is 0.240 e. The van der Waals surface area contributed by atoms with Crippen LogP contribution in [0.25, 0.3) is 11.3 Å². The molecule has 1 aliphatic rings. The van der Waals surface area contributed by atoms with Gasteiger partial charge in [0.05, 0.1) is 13.1 Å². The number of hydrogen-bond donors (Lipinski definition) is 0. The number of nitrogens with zero attached hydrogens (tertiary/aromatic N) is 3. The van der Waals surface area contributed by atoms with Gasteiger partial charge in [0.15, 0.2) is 12.9 Å². The molecule has 160 valence electrons. The van der Waals surface area contributed by atoms with Crippen molar-refractivity contribution in [3.8, 4) is 11.3 Å². The fraction of sp³-hybridized carbons (Fsp3) is 0.318. The van der Waals surface area contributed by atoms with E-state index >= 15 is 0 Å². The molecule has 1 fully saturated rings. The second-order valence-corrected chi connectivity index (χ2v) is 8.11. The first-order valence-corrected chi connectivity index (χ1v) is 11.0. The second-order valence-electron chi connectivity index (χ2n) is 7.35. The normalized spacial score (nSPS) is 14.9. The number of halogens is 1. The van der Waals surface area contributed by atoms with Gasteiger partial charge in [-0.05, 0) is 36.5 Å². The number of piperidine rings is 1. The highest BCUT2D eigenvalue weighted by Gasteiger charge is 2.26. The van der Waals surface area contributed by atoms with Crippen molar-refractivity contribution in [1.29, 1.82) is 0 Å². The average molecular weight is 432 g/mol. The zero-order chi connectivity index (χ0) is 21.7. The highest BCUT2D eigenvalue weighted by molar-refractivity contribution is 5.60. The molecule has 1 aliphatic heterocycles. The largest absolute Gasteiger partial charge is 0.354 e. The summed E-state index contributed by atoms with van der Waals surface area (Å²) in [7, 11) is -0.645. The van der Waals surface area contributed by atoms with Gasteiger partial charge in [0.25, 0.3) is 0 Å². The molecule has 0 N–H and O–H groups in total. The fourth-order valence-corrected chi connectivity index (χ4v) is 3.97. The molecule has 0 bridgehead atoms. The number of hydrogen-bond acceptors (Lipinski definition) is 5. The van der Waals surface area contributed by atoms with Crippen LogP contribution in [0.15, 0.2) is 66.7 Å². The molecular formula is C22H26ClN3O4. The molecule has 8 heteroatoms. The Balaban J connectivity index is 0.000000461. The monoisotopic (exact) mass is 431 g/mol. The van der Waals surface area contributed by atoms with Crippen LogP contribution in [0.1, 0.15) is 24.3 Å². The highest BCUT2D eigenvalue weighted by Crippen LogP contribution is 2.31. The molecule has 2 aromatic carbocycles. The van der Waals surface area contributed by atoms with E-state index in [1.807, 2.05) is 0 Å². The van der Waals surface area contributed by atoms with Crippen LogP contribution in [0, 0.1) is 10.2 Å². The van der Waals surface area contributed by atoms with Gasteiger partial charge in [0.1, 0.15) is 0 Å². The summed E-state index contributed by atoms with van der Waals surface area (Å²) in [5.74, 6) is 2.01. The van der Waals surface area contributed by atoms with Gasteiger partial charge in [-0.2, -0.15) is 0 Å². The third kappa shape index (κ3) is 5.81. The van der Waals surface area contributed by atoms with Gasteiger partial charge in [-0.15, -0.1) is 19.6 Å². The minimum Gasteiger partial charge on any atom is -0.354 e. The molecule has 30 heavy (non-hydrogen) atoms. The first-order chi connectivity index (χ1) is 14.2. The van der Waals surface area contributed by atoms with Crippen LogP contribution < -0.4 is 28.2 Å². The molecule has 1 saturated heterocycles. The lowest BCUT2D eigenvalue weighted by atomic mass is 9.89. The summed E-state index contributed by atoms with van der Waals surface area (Å²) in [6, 6.07) is 23.9. The van der Waals surface area contributed by atoms with E-state index < -0.39 is 10.2 Å². The number of anilines is 1. The van der Waals surface area contributed by atoms with E-state index in [1.165, 1.54) is 35.5 Å². The Morgan fingerprint density at radius 3 is 1.90 bits per heavy atom. The summed E-state index contributed by atoms with van der Waals surface area (Å²) in [6.07, 6.45) is 2.44. The molecule has 1 aromatic heterocycles. The van der Waals surface area contributed by atoms with Crippen LogP contribution >= 0.6 is 0 Å². The van der Waals surface area contributed by atoms with Gasteiger partial charge in [-0.3, -0.25) is 0 Å². The van der Waals surface area contributed by atoms with Crippen molar-refractivity contribution in [2.75, 3.05) is 18.0 Å². The number of benzene rings is 2. The zero-order valence-corrected chi connectivity index (χ0v) is 17.9. The van der Waals surface area contributed by atoms with Crippen molar-refractivity contribution < 1.29 is 33.6 Å². The summed E-state index contributed by atoms with van der Waals surface area (Å²) in [6.45, 7) is 2.23. The van der Waals surface area contributed by atoms with Crippen molar-refractivity contribution in [2.24, 2.45) is 14.1 Å². The van der Waals surface area contributed by atoms with Gasteiger partial charge in [0.2, 0.25) is 5.69 Å². The van der Waals surface area contributed by atoms with Crippen LogP contribution in [0.2, 0.25) is 0 Å². The lowest BCUT2D eigenvalue weighted by Gasteiger charge is -2.32. The minimum absolute atomic E-state index is 0.695. The SMILES string of the molecule is Cn1c(N2CCC(c3ccccc3)CC2)cc(-c2ccccc2)[n+]1C.[O-][Cl+3]([O-])([O-])[O-]. The predicted molar refractivity (Wildman–Crippen MR) is 103 cm³/mol. The van der Waals surface area contributed by atoms with Crippen molar-refractivity contribution in [2.45, 2.75) is 18.8 Å². The van der Waals surface area contributed by atoms with Crippen molar-refractivity contribution in [3.05, 3.63) is 72.3 Å².